The first-order valence-electron chi connectivity index (χ1n) is 20.3. The normalized spacial score (nSPS) is 10.9. The van der Waals surface area contributed by atoms with E-state index in [4.69, 9.17) is 12.8 Å². The summed E-state index contributed by atoms with van der Waals surface area (Å²) in [7, 11) is -4.34. The van der Waals surface area contributed by atoms with Gasteiger partial charge in [0.2, 0.25) is 0 Å². The van der Waals surface area contributed by atoms with Crippen LogP contribution in [-0.2, 0) is 44.8 Å². The van der Waals surface area contributed by atoms with Crippen LogP contribution in [0.25, 0.3) is 21.5 Å². The predicted molar refractivity (Wildman–Crippen MR) is 272 cm³/mol. The predicted octanol–water partition coefficient (Wildman–Crippen LogP) is 11.3. The Morgan fingerprint density at radius 3 is 0.902 bits per heavy atom. The quantitative estimate of drug-likeness (QED) is 0.0616. The van der Waals surface area contributed by atoms with Crippen molar-refractivity contribution in [2.75, 3.05) is 5.90 Å². The third kappa shape index (κ3) is 13.6. The van der Waals surface area contributed by atoms with Gasteiger partial charge in [0.05, 0.1) is 16.1 Å². The van der Waals surface area contributed by atoms with Gasteiger partial charge in [-0.1, -0.05) is 194 Å². The standard InChI is InChI=1S/C25H22P2.2C15H15Si.2Ag/c1-5-13-22(14-6-1)26(23-15-7-2-8-16-23)21-27(24-17-9-3-10-18-24)25-19-11-4-12-20-25;2*1-5-12-10-14(16(2,3)4)11-13-8-6-7-9-15(12)13;;/h1-20H,21H2;2*6-11H,2-4H3;;/q;2*-1;2*+1/p+2. The number of fused-ring (bicyclic) bond motifs is 2. The fourth-order valence-electron chi connectivity index (χ4n) is 7.17. The summed E-state index contributed by atoms with van der Waals surface area (Å²) < 4.78 is 0. The van der Waals surface area contributed by atoms with Crippen molar-refractivity contribution < 1.29 is 44.8 Å². The molecule has 8 rings (SSSR count). The molecule has 0 aliphatic carbocycles. The fraction of sp³-hybridized carbons (Fsp3) is 0.127. The Morgan fingerprint density at radius 2 is 0.639 bits per heavy atom. The molecule has 0 saturated carbocycles. The van der Waals surface area contributed by atoms with Crippen molar-refractivity contribution in [3.8, 4) is 11.8 Å². The molecule has 61 heavy (non-hydrogen) atoms. The van der Waals surface area contributed by atoms with Crippen LogP contribution in [0.5, 0.6) is 0 Å². The van der Waals surface area contributed by atoms with E-state index in [1.807, 2.05) is 24.3 Å². The molecule has 0 N–H and O–H groups in total. The van der Waals surface area contributed by atoms with Crippen LogP contribution >= 0.6 is 15.8 Å². The second-order valence-corrected chi connectivity index (χ2v) is 32.6. The van der Waals surface area contributed by atoms with Crippen molar-refractivity contribution >= 4 is 85.1 Å². The molecule has 0 spiro atoms. The van der Waals surface area contributed by atoms with Crippen LogP contribution in [0.15, 0.2) is 194 Å². The van der Waals surface area contributed by atoms with Crippen molar-refractivity contribution in [3.05, 3.63) is 218 Å². The van der Waals surface area contributed by atoms with Gasteiger partial charge in [0.15, 0.2) is 5.90 Å². The first-order valence-corrected chi connectivity index (χ1v) is 30.7. The van der Waals surface area contributed by atoms with Crippen LogP contribution in [0, 0.1) is 24.7 Å². The van der Waals surface area contributed by atoms with Gasteiger partial charge in [-0.2, -0.15) is 0 Å². The van der Waals surface area contributed by atoms with Gasteiger partial charge in [-0.3, -0.25) is 11.8 Å². The number of benzene rings is 8. The van der Waals surface area contributed by atoms with Crippen molar-refractivity contribution in [2.45, 2.75) is 39.3 Å². The Kier molecular flexibility index (Phi) is 19.3. The summed E-state index contributed by atoms with van der Waals surface area (Å²) in [6.07, 6.45) is 14.8. The van der Waals surface area contributed by atoms with Crippen molar-refractivity contribution in [3.63, 3.8) is 0 Å². The van der Waals surface area contributed by atoms with Crippen LogP contribution in [0.4, 0.5) is 0 Å². The summed E-state index contributed by atoms with van der Waals surface area (Å²) in [6.45, 7) is 13.9. The molecular weight excluding hydrogens is 994 g/mol. The maximum absolute atomic E-state index is 7.39. The Morgan fingerprint density at radius 1 is 0.377 bits per heavy atom. The summed E-state index contributed by atoms with van der Waals surface area (Å²) in [5.74, 6) is 6.36. The van der Waals surface area contributed by atoms with Gasteiger partial charge in [0, 0.05) is 0 Å². The Bertz CT molecular complexity index is 2410. The fourth-order valence-corrected chi connectivity index (χ4v) is 17.2. The first-order chi connectivity index (χ1) is 28.5. The van der Waals surface area contributed by atoms with E-state index in [9.17, 15) is 0 Å². The summed E-state index contributed by atoms with van der Waals surface area (Å²) >= 11 is 0. The Balaban J connectivity index is 0.000000210. The van der Waals surface area contributed by atoms with Crippen molar-refractivity contribution in [1.29, 1.82) is 0 Å². The van der Waals surface area contributed by atoms with Crippen molar-refractivity contribution in [1.82, 2.24) is 0 Å². The average Bonchev–Trinajstić information content (AvgIpc) is 3.27. The first kappa shape index (κ1) is 49.8. The molecule has 0 atom stereocenters. The summed E-state index contributed by atoms with van der Waals surface area (Å²) in [5, 5.41) is 13.5. The van der Waals surface area contributed by atoms with Crippen LogP contribution in [0.3, 0.4) is 0 Å². The molecule has 6 heteroatoms. The van der Waals surface area contributed by atoms with Crippen LogP contribution in [0.1, 0.15) is 11.1 Å². The molecule has 0 saturated heterocycles. The minimum Gasteiger partial charge on any atom is -0.366 e. The van der Waals surface area contributed by atoms with E-state index in [-0.39, 0.29) is 44.8 Å². The zero-order valence-corrected chi connectivity index (χ0v) is 42.7. The van der Waals surface area contributed by atoms with Gasteiger partial charge in [-0.05, 0) is 59.3 Å². The van der Waals surface area contributed by atoms with Gasteiger partial charge in [-0.25, -0.2) is 0 Å². The molecule has 8 aromatic rings. The molecule has 0 aromatic heterocycles. The van der Waals surface area contributed by atoms with Crippen molar-refractivity contribution in [2.24, 2.45) is 0 Å². The maximum Gasteiger partial charge on any atom is 1.00 e. The van der Waals surface area contributed by atoms with Gasteiger partial charge in [0.1, 0.15) is 37.1 Å². The summed E-state index contributed by atoms with van der Waals surface area (Å²) in [6, 6.07) is 69.7. The molecule has 8 aromatic carbocycles. The molecule has 0 fully saturated rings. The number of rotatable bonds is 8. The van der Waals surface area contributed by atoms with Gasteiger partial charge >= 0.3 is 44.8 Å². The minimum absolute atomic E-state index is 0. The molecule has 0 bridgehead atoms. The molecule has 0 radical (unpaired) electrons. The smallest absolute Gasteiger partial charge is 0.366 e. The molecular formula is C55H54Ag2P2Si2+2. The van der Waals surface area contributed by atoms with Crippen LogP contribution < -0.4 is 31.6 Å². The molecule has 312 valence electrons. The van der Waals surface area contributed by atoms with E-state index in [1.165, 1.54) is 48.3 Å². The Hall–Kier alpha value is -3.83. The molecule has 0 heterocycles. The SMILES string of the molecule is [Ag+].[Ag+].[C-]#Cc1cc([Si](C)(C)C)cc2ccccc12.[C-]#Cc1cc([Si](C)(C)C)cc2ccccc12.c1ccc([PH+](C[PH+](c2ccccc2)c2ccccc2)c2ccccc2)cc1. The maximum atomic E-state index is 7.39. The average molecular weight is 1050 g/mol. The summed E-state index contributed by atoms with van der Waals surface area (Å²) in [5.41, 5.74) is 1.83. The van der Waals surface area contributed by atoms with Gasteiger partial charge in [0.25, 0.3) is 0 Å². The van der Waals surface area contributed by atoms with E-state index in [1.54, 1.807) is 0 Å². The zero-order chi connectivity index (χ0) is 41.8. The third-order valence-electron chi connectivity index (χ3n) is 10.6. The minimum atomic E-state index is -1.32. The van der Waals surface area contributed by atoms with Crippen LogP contribution in [-0.4, -0.2) is 22.1 Å². The molecule has 0 nitrogen and oxygen atoms in total. The van der Waals surface area contributed by atoms with E-state index in [0.29, 0.717) is 0 Å². The second kappa shape index (κ2) is 23.6. The second-order valence-electron chi connectivity index (χ2n) is 16.8. The molecule has 0 aliphatic rings. The topological polar surface area (TPSA) is 0 Å². The Labute approximate surface area is 401 Å². The molecule has 0 amide bonds. The summed E-state index contributed by atoms with van der Waals surface area (Å²) in [4.78, 5) is 0. The number of hydrogen-bond acceptors (Lipinski definition) is 0. The van der Waals surface area contributed by atoms with Gasteiger partial charge < -0.3 is 12.8 Å². The monoisotopic (exact) mass is 1050 g/mol. The van der Waals surface area contributed by atoms with Crippen LogP contribution in [0.2, 0.25) is 39.3 Å². The van der Waals surface area contributed by atoms with E-state index >= 15 is 0 Å². The largest absolute Gasteiger partial charge is 1.00 e. The molecule has 0 unspecified atom stereocenters. The number of hydrogen-bond donors (Lipinski definition) is 0. The van der Waals surface area contributed by atoms with E-state index in [0.717, 1.165) is 21.9 Å². The molecule has 0 aliphatic heterocycles. The zero-order valence-electron chi connectivity index (χ0n) is 35.8. The van der Waals surface area contributed by atoms with Gasteiger partial charge in [-0.15, -0.1) is 23.3 Å². The van der Waals surface area contributed by atoms with E-state index < -0.39 is 32.0 Å². The third-order valence-corrected chi connectivity index (χ3v) is 21.6. The van der Waals surface area contributed by atoms with E-state index in [2.05, 4.69) is 221 Å².